The number of rotatable bonds is 12. The fraction of sp³-hybridized carbons (Fsp3) is 0.455. The van der Waals surface area contributed by atoms with Crippen LogP contribution in [0.15, 0.2) is 48.6 Å². The molecule has 0 bridgehead atoms. The lowest BCUT2D eigenvalue weighted by molar-refractivity contribution is -0.141. The van der Waals surface area contributed by atoms with E-state index in [1.165, 1.54) is 0 Å². The summed E-state index contributed by atoms with van der Waals surface area (Å²) in [6.45, 7) is 9.05. The fourth-order valence-electron chi connectivity index (χ4n) is 3.10. The van der Waals surface area contributed by atoms with E-state index in [1.54, 1.807) is 18.5 Å². The van der Waals surface area contributed by atoms with Crippen LogP contribution in [0.2, 0.25) is 0 Å². The second-order valence-corrected chi connectivity index (χ2v) is 9.98. The van der Waals surface area contributed by atoms with Crippen LogP contribution in [-0.2, 0) is 19.6 Å². The van der Waals surface area contributed by atoms with E-state index in [0.29, 0.717) is 12.0 Å². The number of allylic oxidation sites excluding steroid dienone is 1. The van der Waals surface area contributed by atoms with Crippen molar-refractivity contribution in [2.24, 2.45) is 17.8 Å². The number of benzene rings is 1. The van der Waals surface area contributed by atoms with Gasteiger partial charge >= 0.3 is 0 Å². The van der Waals surface area contributed by atoms with Crippen molar-refractivity contribution in [3.05, 3.63) is 54.1 Å². The second kappa shape index (κ2) is 12.4. The molecule has 0 spiro atoms. The number of hydrogen-bond donors (Lipinski definition) is 3. The molecule has 31 heavy (non-hydrogen) atoms. The van der Waals surface area contributed by atoms with Crippen LogP contribution in [0.1, 0.15) is 39.2 Å². The number of nitrogens with zero attached hydrogens (tertiary/aromatic N) is 1. The predicted molar refractivity (Wildman–Crippen MR) is 121 cm³/mol. The number of carbonyl (C=O) groups excluding carboxylic acids is 2. The number of hydrogen-bond acceptors (Lipinski definition) is 5. The van der Waals surface area contributed by atoms with Crippen LogP contribution >= 0.6 is 0 Å². The van der Waals surface area contributed by atoms with E-state index >= 15 is 0 Å². The van der Waals surface area contributed by atoms with Gasteiger partial charge in [-0.1, -0.05) is 68.5 Å². The van der Waals surface area contributed by atoms with E-state index in [2.05, 4.69) is 12.0 Å². The summed E-state index contributed by atoms with van der Waals surface area (Å²) >= 11 is 0. The van der Waals surface area contributed by atoms with Gasteiger partial charge in [0.1, 0.15) is 0 Å². The topological polar surface area (TPSA) is 116 Å². The Labute approximate surface area is 185 Å². The zero-order valence-electron chi connectivity index (χ0n) is 18.5. The third-order valence-electron chi connectivity index (χ3n) is 4.54. The van der Waals surface area contributed by atoms with Gasteiger partial charge in [-0.3, -0.25) is 20.2 Å². The molecule has 3 N–H and O–H groups in total. The number of nitrogens with one attached hydrogen (secondary N) is 2. The highest BCUT2D eigenvalue weighted by atomic mass is 32.2. The average Bonchev–Trinajstić information content (AvgIpc) is 2.68. The van der Waals surface area contributed by atoms with Crippen LogP contribution in [-0.4, -0.2) is 42.7 Å². The van der Waals surface area contributed by atoms with Crippen molar-refractivity contribution in [3.8, 4) is 0 Å². The molecule has 0 aliphatic heterocycles. The Morgan fingerprint density at radius 2 is 1.77 bits per heavy atom. The van der Waals surface area contributed by atoms with Crippen molar-refractivity contribution >= 4 is 27.9 Å². The molecule has 172 valence electrons. The predicted octanol–water partition coefficient (Wildman–Crippen LogP) is 2.74. The van der Waals surface area contributed by atoms with Crippen LogP contribution in [0.25, 0.3) is 6.08 Å². The normalized spacial score (nSPS) is 13.9. The van der Waals surface area contributed by atoms with E-state index in [-0.39, 0.29) is 18.9 Å². The Morgan fingerprint density at radius 3 is 2.26 bits per heavy atom. The molecule has 0 saturated carbocycles. The van der Waals surface area contributed by atoms with E-state index < -0.39 is 33.7 Å². The fourth-order valence-corrected chi connectivity index (χ4v) is 3.82. The van der Waals surface area contributed by atoms with E-state index in [9.17, 15) is 23.2 Å². The number of amides is 2. The largest absolute Gasteiger partial charge is 0.289 e. The molecule has 1 rings (SSSR count). The van der Waals surface area contributed by atoms with Crippen LogP contribution in [0, 0.1) is 17.8 Å². The molecule has 0 unspecified atom stereocenters. The molecular weight excluding hydrogens is 418 g/mol. The smallest absolute Gasteiger partial charge is 0.247 e. The quantitative estimate of drug-likeness (QED) is 0.257. The molecule has 0 fully saturated rings. The summed E-state index contributed by atoms with van der Waals surface area (Å²) in [5, 5.41) is 9.24. The van der Waals surface area contributed by atoms with Gasteiger partial charge < -0.3 is 0 Å². The maximum atomic E-state index is 13.1. The van der Waals surface area contributed by atoms with E-state index in [1.807, 2.05) is 50.3 Å². The van der Waals surface area contributed by atoms with Gasteiger partial charge in [-0.25, -0.2) is 13.9 Å². The first-order valence-electron chi connectivity index (χ1n) is 10.0. The van der Waals surface area contributed by atoms with Gasteiger partial charge in [0.15, 0.2) is 0 Å². The Hall–Kier alpha value is -2.49. The van der Waals surface area contributed by atoms with Gasteiger partial charge in [0, 0.05) is 0 Å². The van der Waals surface area contributed by atoms with E-state index in [4.69, 9.17) is 0 Å². The molecular formula is C22H33N3O5S. The Kier molecular flexibility index (Phi) is 10.6. The summed E-state index contributed by atoms with van der Waals surface area (Å²) in [7, 11) is -3.74. The minimum absolute atomic E-state index is 0.0515. The third kappa shape index (κ3) is 9.46. The molecule has 1 aromatic rings. The number of sulfonamides is 1. The van der Waals surface area contributed by atoms with Gasteiger partial charge in [-0.2, -0.15) is 0 Å². The van der Waals surface area contributed by atoms with Gasteiger partial charge in [-0.15, -0.1) is 4.41 Å². The highest BCUT2D eigenvalue weighted by molar-refractivity contribution is 7.88. The highest BCUT2D eigenvalue weighted by Crippen LogP contribution is 2.26. The molecule has 0 saturated heterocycles. The summed E-state index contributed by atoms with van der Waals surface area (Å²) in [5.74, 6) is -3.01. The van der Waals surface area contributed by atoms with Gasteiger partial charge in [-0.05, 0) is 31.2 Å². The minimum Gasteiger partial charge on any atom is -0.289 e. The first-order chi connectivity index (χ1) is 14.5. The van der Waals surface area contributed by atoms with Crippen LogP contribution < -0.4 is 10.9 Å². The van der Waals surface area contributed by atoms with Crippen molar-refractivity contribution in [2.75, 3.05) is 12.8 Å². The van der Waals surface area contributed by atoms with Gasteiger partial charge in [0.2, 0.25) is 21.8 Å². The molecule has 8 nitrogen and oxygen atoms in total. The minimum atomic E-state index is -3.74. The monoisotopic (exact) mass is 451 g/mol. The van der Waals surface area contributed by atoms with Crippen LogP contribution in [0.3, 0.4) is 0 Å². The zero-order chi connectivity index (χ0) is 23.6. The lowest BCUT2D eigenvalue weighted by atomic mass is 9.82. The molecule has 9 heteroatoms. The SMILES string of the molecule is C=C(C)CN(NC(=O)[C@H](CC(C)C)[C@H](C/C=C/c1ccccc1)C(=O)NO)S(C)(=O)=O. The standard InChI is InChI=1S/C22H33N3O5S/c1-16(2)14-20(21(26)23-25(15-17(3)4)31(5,29)30)19(22(27)24-28)13-9-12-18-10-7-6-8-11-18/h6-12,16,19-20,28H,3,13-15H2,1-2,4-5H3,(H,23,26)(H,24,27)/b12-9+/t19-,20+/m0/s1. The molecule has 0 aliphatic carbocycles. The number of hydroxylamine groups is 1. The molecule has 2 atom stereocenters. The molecule has 0 heterocycles. The summed E-state index contributed by atoms with van der Waals surface area (Å²) in [5.41, 5.74) is 5.53. The van der Waals surface area contributed by atoms with Crippen LogP contribution in [0.5, 0.6) is 0 Å². The Bertz CT molecular complexity index is 882. The van der Waals surface area contributed by atoms with Crippen molar-refractivity contribution < 1.29 is 23.2 Å². The summed E-state index contributed by atoms with van der Waals surface area (Å²) in [6.07, 6.45) is 5.08. The molecule has 0 aromatic heterocycles. The lowest BCUT2D eigenvalue weighted by Gasteiger charge is -2.28. The molecule has 0 aliphatic rings. The third-order valence-corrected chi connectivity index (χ3v) is 5.56. The summed E-state index contributed by atoms with van der Waals surface area (Å²) in [4.78, 5) is 25.5. The molecule has 2 amide bonds. The van der Waals surface area contributed by atoms with Crippen molar-refractivity contribution in [2.45, 2.75) is 33.6 Å². The van der Waals surface area contributed by atoms with E-state index in [0.717, 1.165) is 16.2 Å². The van der Waals surface area contributed by atoms with Crippen molar-refractivity contribution in [3.63, 3.8) is 0 Å². The summed E-state index contributed by atoms with van der Waals surface area (Å²) < 4.78 is 25.0. The van der Waals surface area contributed by atoms with Crippen LogP contribution in [0.4, 0.5) is 0 Å². The lowest BCUT2D eigenvalue weighted by Crippen LogP contribution is -2.51. The van der Waals surface area contributed by atoms with Gasteiger partial charge in [0.25, 0.3) is 0 Å². The number of carbonyl (C=O) groups is 2. The Morgan fingerprint density at radius 1 is 1.16 bits per heavy atom. The number of hydrazine groups is 1. The molecule has 1 aromatic carbocycles. The van der Waals surface area contributed by atoms with Crippen molar-refractivity contribution in [1.82, 2.24) is 15.3 Å². The Balaban J connectivity index is 3.15. The maximum Gasteiger partial charge on any atom is 0.247 e. The first kappa shape index (κ1) is 26.5. The first-order valence-corrected chi connectivity index (χ1v) is 11.9. The van der Waals surface area contributed by atoms with Crippen molar-refractivity contribution in [1.29, 1.82) is 0 Å². The second-order valence-electron chi connectivity index (χ2n) is 8.07. The maximum absolute atomic E-state index is 13.1. The molecule has 0 radical (unpaired) electrons. The van der Waals surface area contributed by atoms with Gasteiger partial charge in [0.05, 0.1) is 24.6 Å². The summed E-state index contributed by atoms with van der Waals surface area (Å²) in [6, 6.07) is 9.46. The highest BCUT2D eigenvalue weighted by Gasteiger charge is 2.35. The average molecular weight is 452 g/mol. The zero-order valence-corrected chi connectivity index (χ0v) is 19.4.